The maximum absolute atomic E-state index is 11.1. The van der Waals surface area contributed by atoms with Crippen LogP contribution in [0.25, 0.3) is 0 Å². The molecule has 0 aliphatic heterocycles. The second kappa shape index (κ2) is 4.81. The van der Waals surface area contributed by atoms with E-state index in [1.165, 1.54) is 7.11 Å². The van der Waals surface area contributed by atoms with Gasteiger partial charge >= 0.3 is 5.97 Å². The van der Waals surface area contributed by atoms with Gasteiger partial charge in [0.1, 0.15) is 6.07 Å². The van der Waals surface area contributed by atoms with Crippen LogP contribution in [0.15, 0.2) is 12.1 Å². The van der Waals surface area contributed by atoms with Crippen molar-refractivity contribution >= 4 is 17.6 Å². The van der Waals surface area contributed by atoms with Crippen LogP contribution in [-0.4, -0.2) is 13.1 Å². The Balaban J connectivity index is 3.21. The SMILES string of the molecule is COC(=O)Cc1c(C)ccc(Cl)c1C#N. The van der Waals surface area contributed by atoms with Crippen molar-refractivity contribution in [1.29, 1.82) is 5.26 Å². The van der Waals surface area contributed by atoms with Crippen molar-refractivity contribution in [3.63, 3.8) is 0 Å². The lowest BCUT2D eigenvalue weighted by molar-refractivity contribution is -0.139. The Morgan fingerprint density at radius 1 is 1.60 bits per heavy atom. The Morgan fingerprint density at radius 2 is 2.27 bits per heavy atom. The quantitative estimate of drug-likeness (QED) is 0.723. The number of aryl methyl sites for hydroxylation is 1. The Kier molecular flexibility index (Phi) is 3.70. The van der Waals surface area contributed by atoms with Crippen molar-refractivity contribution in [1.82, 2.24) is 0 Å². The zero-order valence-corrected chi connectivity index (χ0v) is 9.26. The van der Waals surface area contributed by atoms with Crippen LogP contribution in [-0.2, 0) is 16.0 Å². The van der Waals surface area contributed by atoms with E-state index >= 15 is 0 Å². The first-order chi connectivity index (χ1) is 7.10. The molecule has 4 heteroatoms. The Morgan fingerprint density at radius 3 is 2.80 bits per heavy atom. The van der Waals surface area contributed by atoms with Gasteiger partial charge in [-0.3, -0.25) is 4.79 Å². The molecule has 0 atom stereocenters. The zero-order chi connectivity index (χ0) is 11.4. The summed E-state index contributed by atoms with van der Waals surface area (Å²) in [5, 5.41) is 9.29. The number of rotatable bonds is 2. The Bertz CT molecular complexity index is 435. The smallest absolute Gasteiger partial charge is 0.310 e. The summed E-state index contributed by atoms with van der Waals surface area (Å²) in [5.41, 5.74) is 1.85. The molecule has 0 aliphatic carbocycles. The van der Waals surface area contributed by atoms with Crippen LogP contribution < -0.4 is 0 Å². The zero-order valence-electron chi connectivity index (χ0n) is 8.50. The average molecular weight is 224 g/mol. The van der Waals surface area contributed by atoms with Gasteiger partial charge < -0.3 is 4.74 Å². The molecule has 0 amide bonds. The molecular weight excluding hydrogens is 214 g/mol. The molecule has 0 unspecified atom stereocenters. The van der Waals surface area contributed by atoms with Crippen LogP contribution in [0.2, 0.25) is 5.02 Å². The molecule has 0 aromatic heterocycles. The van der Waals surface area contributed by atoms with E-state index < -0.39 is 0 Å². The van der Waals surface area contributed by atoms with E-state index in [9.17, 15) is 4.79 Å². The first kappa shape index (κ1) is 11.5. The van der Waals surface area contributed by atoms with Crippen molar-refractivity contribution in [2.24, 2.45) is 0 Å². The summed E-state index contributed by atoms with van der Waals surface area (Å²) in [4.78, 5) is 11.1. The molecule has 0 bridgehead atoms. The van der Waals surface area contributed by atoms with E-state index in [-0.39, 0.29) is 12.4 Å². The highest BCUT2D eigenvalue weighted by Crippen LogP contribution is 2.23. The molecule has 0 spiro atoms. The number of halogens is 1. The summed E-state index contributed by atoms with van der Waals surface area (Å²) >= 11 is 5.85. The highest BCUT2D eigenvalue weighted by molar-refractivity contribution is 6.31. The third-order valence-electron chi connectivity index (χ3n) is 2.16. The Hall–Kier alpha value is -1.53. The number of benzene rings is 1. The van der Waals surface area contributed by atoms with Gasteiger partial charge in [-0.05, 0) is 24.1 Å². The molecule has 0 radical (unpaired) electrons. The molecule has 3 nitrogen and oxygen atoms in total. The Labute approximate surface area is 93.2 Å². The summed E-state index contributed by atoms with van der Waals surface area (Å²) in [6.45, 7) is 1.83. The molecule has 1 aromatic rings. The van der Waals surface area contributed by atoms with Gasteiger partial charge in [0, 0.05) is 0 Å². The van der Waals surface area contributed by atoms with Gasteiger partial charge in [-0.15, -0.1) is 0 Å². The van der Waals surface area contributed by atoms with Crippen LogP contribution in [0.5, 0.6) is 0 Å². The fraction of sp³-hybridized carbons (Fsp3) is 0.273. The van der Waals surface area contributed by atoms with Crippen LogP contribution in [0.1, 0.15) is 16.7 Å². The fourth-order valence-electron chi connectivity index (χ4n) is 1.29. The van der Waals surface area contributed by atoms with Crippen molar-refractivity contribution in [2.45, 2.75) is 13.3 Å². The predicted molar refractivity (Wildman–Crippen MR) is 56.6 cm³/mol. The molecule has 0 heterocycles. The summed E-state index contributed by atoms with van der Waals surface area (Å²) in [6, 6.07) is 5.42. The number of carbonyl (C=O) groups is 1. The van der Waals surface area contributed by atoms with Crippen LogP contribution in [0, 0.1) is 18.3 Å². The van der Waals surface area contributed by atoms with Crippen molar-refractivity contribution in [2.75, 3.05) is 7.11 Å². The summed E-state index contributed by atoms with van der Waals surface area (Å²) < 4.78 is 4.56. The first-order valence-corrected chi connectivity index (χ1v) is 4.72. The molecule has 15 heavy (non-hydrogen) atoms. The van der Waals surface area contributed by atoms with Crippen molar-refractivity contribution in [3.05, 3.63) is 33.8 Å². The number of nitrogens with zero attached hydrogens (tertiary/aromatic N) is 1. The van der Waals surface area contributed by atoms with Gasteiger partial charge in [0.15, 0.2) is 0 Å². The highest BCUT2D eigenvalue weighted by atomic mass is 35.5. The molecule has 0 saturated heterocycles. The normalized spacial score (nSPS) is 9.47. The van der Waals surface area contributed by atoms with E-state index in [4.69, 9.17) is 16.9 Å². The second-order valence-corrected chi connectivity index (χ2v) is 3.49. The minimum Gasteiger partial charge on any atom is -0.469 e. The van der Waals surface area contributed by atoms with Gasteiger partial charge in [-0.2, -0.15) is 5.26 Å². The largest absolute Gasteiger partial charge is 0.469 e. The average Bonchev–Trinajstić information content (AvgIpc) is 2.23. The van der Waals surface area contributed by atoms with Crippen LogP contribution >= 0.6 is 11.6 Å². The van der Waals surface area contributed by atoms with E-state index in [0.717, 1.165) is 5.56 Å². The number of hydrogen-bond donors (Lipinski definition) is 0. The molecule has 1 aromatic carbocycles. The van der Waals surface area contributed by atoms with Crippen molar-refractivity contribution in [3.8, 4) is 6.07 Å². The number of hydrogen-bond acceptors (Lipinski definition) is 3. The minimum absolute atomic E-state index is 0.0752. The second-order valence-electron chi connectivity index (χ2n) is 3.08. The van der Waals surface area contributed by atoms with Crippen LogP contribution in [0.3, 0.4) is 0 Å². The number of ether oxygens (including phenoxy) is 1. The number of nitriles is 1. The molecular formula is C11H10ClNO2. The number of esters is 1. The summed E-state index contributed by atoms with van der Waals surface area (Å²) in [6.07, 6.45) is 0.0752. The van der Waals surface area contributed by atoms with Gasteiger partial charge in [0.2, 0.25) is 0 Å². The maximum Gasteiger partial charge on any atom is 0.310 e. The monoisotopic (exact) mass is 223 g/mol. The van der Waals surface area contributed by atoms with E-state index in [0.29, 0.717) is 16.1 Å². The lowest BCUT2D eigenvalue weighted by atomic mass is 10.00. The van der Waals surface area contributed by atoms with Gasteiger partial charge in [0.25, 0.3) is 0 Å². The molecule has 0 fully saturated rings. The summed E-state index contributed by atoms with van der Waals surface area (Å²) in [5.74, 6) is -0.378. The summed E-state index contributed by atoms with van der Waals surface area (Å²) in [7, 11) is 1.31. The molecule has 0 saturated carbocycles. The maximum atomic E-state index is 11.1. The lowest BCUT2D eigenvalue weighted by Crippen LogP contribution is -2.07. The highest BCUT2D eigenvalue weighted by Gasteiger charge is 2.13. The number of methoxy groups -OCH3 is 1. The van der Waals surface area contributed by atoms with E-state index in [1.54, 1.807) is 12.1 Å². The van der Waals surface area contributed by atoms with E-state index in [1.807, 2.05) is 13.0 Å². The molecule has 78 valence electrons. The van der Waals surface area contributed by atoms with Gasteiger partial charge in [0.05, 0.1) is 24.1 Å². The van der Waals surface area contributed by atoms with Gasteiger partial charge in [-0.25, -0.2) is 0 Å². The predicted octanol–water partition coefficient (Wildman–Crippen LogP) is 2.24. The van der Waals surface area contributed by atoms with E-state index in [2.05, 4.69) is 4.74 Å². The minimum atomic E-state index is -0.378. The number of carbonyl (C=O) groups excluding carboxylic acids is 1. The molecule has 0 aliphatic rings. The third-order valence-corrected chi connectivity index (χ3v) is 2.47. The lowest BCUT2D eigenvalue weighted by Gasteiger charge is -2.07. The third kappa shape index (κ3) is 2.48. The standard InChI is InChI=1S/C11H10ClNO2/c1-7-3-4-10(12)9(6-13)8(7)5-11(14)15-2/h3-4H,5H2,1-2H3. The van der Waals surface area contributed by atoms with Crippen molar-refractivity contribution < 1.29 is 9.53 Å². The first-order valence-electron chi connectivity index (χ1n) is 4.35. The van der Waals surface area contributed by atoms with Crippen LogP contribution in [0.4, 0.5) is 0 Å². The molecule has 1 rings (SSSR count). The topological polar surface area (TPSA) is 50.1 Å². The van der Waals surface area contributed by atoms with Gasteiger partial charge in [-0.1, -0.05) is 17.7 Å². The fourth-order valence-corrected chi connectivity index (χ4v) is 1.51. The molecule has 0 N–H and O–H groups in total.